The number of sulfonamides is 1. The predicted octanol–water partition coefficient (Wildman–Crippen LogP) is 4.06. The minimum absolute atomic E-state index is 0.307. The number of hydrogen-bond acceptors (Lipinski definition) is 5. The number of aromatic nitrogens is 1. The van der Waals surface area contributed by atoms with Gasteiger partial charge in [0.1, 0.15) is 0 Å². The highest BCUT2D eigenvalue weighted by Gasteiger charge is 2.27. The third kappa shape index (κ3) is 5.34. The maximum atomic E-state index is 13.2. The Morgan fingerprint density at radius 3 is 2.32 bits per heavy atom. The van der Waals surface area contributed by atoms with Gasteiger partial charge in [-0.05, 0) is 74.7 Å². The third-order valence-corrected chi connectivity index (χ3v) is 7.88. The number of anilines is 3. The summed E-state index contributed by atoms with van der Waals surface area (Å²) in [4.78, 5) is 6.70. The normalized spacial score (nSPS) is 17.9. The maximum Gasteiger partial charge on any atom is 0.243 e. The molecule has 2 aliphatic heterocycles. The molecule has 1 aromatic heterocycles. The summed E-state index contributed by atoms with van der Waals surface area (Å²) >= 11 is 5.51. The Morgan fingerprint density at radius 2 is 1.65 bits per heavy atom. The fraction of sp³-hybridized carbons (Fsp3) is 0.455. The number of rotatable bonds is 5. The Bertz CT molecular complexity index is 1000. The maximum absolute atomic E-state index is 13.2. The van der Waals surface area contributed by atoms with E-state index < -0.39 is 10.0 Å². The first kappa shape index (κ1) is 22.0. The topological polar surface area (TPSA) is 77.6 Å². The quantitative estimate of drug-likeness (QED) is 0.653. The zero-order valence-electron chi connectivity index (χ0n) is 17.6. The molecular formula is C22H29N5O2S2. The van der Waals surface area contributed by atoms with Crippen LogP contribution in [0.5, 0.6) is 0 Å². The van der Waals surface area contributed by atoms with E-state index in [9.17, 15) is 8.42 Å². The van der Waals surface area contributed by atoms with Crippen molar-refractivity contribution in [1.29, 1.82) is 0 Å². The fourth-order valence-electron chi connectivity index (χ4n) is 4.16. The average Bonchev–Trinajstić information content (AvgIpc) is 2.81. The van der Waals surface area contributed by atoms with Gasteiger partial charge in [-0.25, -0.2) is 8.42 Å². The monoisotopic (exact) mass is 459 g/mol. The van der Waals surface area contributed by atoms with Crippen molar-refractivity contribution in [2.75, 3.05) is 41.7 Å². The molecule has 0 spiro atoms. The van der Waals surface area contributed by atoms with Crippen molar-refractivity contribution < 1.29 is 8.42 Å². The molecule has 0 radical (unpaired) electrons. The summed E-state index contributed by atoms with van der Waals surface area (Å²) in [7, 11) is -3.53. The summed E-state index contributed by atoms with van der Waals surface area (Å²) in [5.74, 6) is 0. The van der Waals surface area contributed by atoms with Crippen LogP contribution in [0.3, 0.4) is 0 Å². The fourth-order valence-corrected chi connectivity index (χ4v) is 5.93. The zero-order chi connectivity index (χ0) is 21.7. The van der Waals surface area contributed by atoms with Crippen LogP contribution in [0.15, 0.2) is 47.6 Å². The molecule has 0 bridgehead atoms. The van der Waals surface area contributed by atoms with Gasteiger partial charge in [0.05, 0.1) is 28.2 Å². The second-order valence-corrected chi connectivity index (χ2v) is 10.4. The smallest absolute Gasteiger partial charge is 0.243 e. The van der Waals surface area contributed by atoms with E-state index in [1.54, 1.807) is 28.8 Å². The molecule has 0 aliphatic carbocycles. The Balaban J connectivity index is 1.62. The molecule has 0 atom stereocenters. The van der Waals surface area contributed by atoms with E-state index in [1.165, 1.54) is 6.42 Å². The van der Waals surface area contributed by atoms with Crippen LogP contribution in [-0.2, 0) is 10.0 Å². The van der Waals surface area contributed by atoms with Gasteiger partial charge in [0.25, 0.3) is 0 Å². The highest BCUT2D eigenvalue weighted by atomic mass is 32.2. The summed E-state index contributed by atoms with van der Waals surface area (Å²) in [6, 6.07) is 9.08. The van der Waals surface area contributed by atoms with E-state index >= 15 is 0 Å². The van der Waals surface area contributed by atoms with Crippen molar-refractivity contribution in [2.45, 2.75) is 43.4 Å². The molecule has 2 N–H and O–H groups in total. The molecule has 3 heterocycles. The zero-order valence-corrected chi connectivity index (χ0v) is 19.2. The first-order valence-electron chi connectivity index (χ1n) is 10.9. The van der Waals surface area contributed by atoms with E-state index in [1.807, 2.05) is 18.2 Å². The highest BCUT2D eigenvalue weighted by molar-refractivity contribution is 7.89. The van der Waals surface area contributed by atoms with Gasteiger partial charge in [-0.15, -0.1) is 0 Å². The highest BCUT2D eigenvalue weighted by Crippen LogP contribution is 2.32. The van der Waals surface area contributed by atoms with Crippen molar-refractivity contribution in [3.63, 3.8) is 0 Å². The Morgan fingerprint density at radius 1 is 0.935 bits per heavy atom. The number of thiocarbonyl (C=S) groups is 1. The van der Waals surface area contributed by atoms with Crippen LogP contribution in [-0.4, -0.2) is 49.0 Å². The lowest BCUT2D eigenvalue weighted by Crippen LogP contribution is -2.36. The summed E-state index contributed by atoms with van der Waals surface area (Å²) < 4.78 is 28.1. The van der Waals surface area contributed by atoms with E-state index in [4.69, 9.17) is 12.2 Å². The van der Waals surface area contributed by atoms with E-state index in [2.05, 4.69) is 20.5 Å². The predicted molar refractivity (Wildman–Crippen MR) is 129 cm³/mol. The number of pyridine rings is 1. The van der Waals surface area contributed by atoms with Crippen LogP contribution < -0.4 is 15.5 Å². The lowest BCUT2D eigenvalue weighted by atomic mass is 10.1. The molecule has 166 valence electrons. The van der Waals surface area contributed by atoms with Crippen LogP contribution in [0, 0.1) is 0 Å². The SMILES string of the molecule is O=S(=O)(c1ccc(N2CCCCC2)c(NC(=S)Nc2cccnc2)c1)N1CCCCC1. The number of benzene rings is 1. The van der Waals surface area contributed by atoms with Crippen molar-refractivity contribution in [2.24, 2.45) is 0 Å². The molecule has 0 unspecified atom stereocenters. The van der Waals surface area contributed by atoms with Gasteiger partial charge < -0.3 is 15.5 Å². The molecule has 0 amide bonds. The van der Waals surface area contributed by atoms with E-state index in [0.29, 0.717) is 28.8 Å². The van der Waals surface area contributed by atoms with Crippen LogP contribution in [0.2, 0.25) is 0 Å². The molecular weight excluding hydrogens is 430 g/mol. The average molecular weight is 460 g/mol. The number of nitrogens with zero attached hydrogens (tertiary/aromatic N) is 3. The number of nitrogens with one attached hydrogen (secondary N) is 2. The third-order valence-electron chi connectivity index (χ3n) is 5.79. The molecule has 2 aliphatic rings. The number of piperidine rings is 2. The summed E-state index contributed by atoms with van der Waals surface area (Å²) in [5.41, 5.74) is 2.46. The molecule has 2 saturated heterocycles. The molecule has 0 saturated carbocycles. The minimum Gasteiger partial charge on any atom is -0.370 e. The van der Waals surface area contributed by atoms with Crippen LogP contribution in [0.1, 0.15) is 38.5 Å². The molecule has 1 aromatic carbocycles. The summed E-state index contributed by atoms with van der Waals surface area (Å²) in [5, 5.41) is 6.76. The van der Waals surface area contributed by atoms with Gasteiger partial charge >= 0.3 is 0 Å². The van der Waals surface area contributed by atoms with Gasteiger partial charge in [-0.1, -0.05) is 6.42 Å². The minimum atomic E-state index is -3.53. The van der Waals surface area contributed by atoms with Crippen LogP contribution >= 0.6 is 12.2 Å². The molecule has 9 heteroatoms. The Labute approximate surface area is 189 Å². The summed E-state index contributed by atoms with van der Waals surface area (Å²) in [6.45, 7) is 3.07. The standard InChI is InChI=1S/C22H29N5O2S2/c28-31(29,27-14-5-2-6-15-27)19-9-10-21(26-12-3-1-4-13-26)20(16-19)25-22(30)24-18-8-7-11-23-17-18/h7-11,16-17H,1-6,12-15H2,(H2,24,25,30). The van der Waals surface area contributed by atoms with Crippen LogP contribution in [0.4, 0.5) is 17.1 Å². The van der Waals surface area contributed by atoms with Gasteiger partial charge in [0, 0.05) is 32.4 Å². The second-order valence-electron chi connectivity index (χ2n) is 8.01. The molecule has 4 rings (SSSR count). The number of hydrogen-bond donors (Lipinski definition) is 2. The van der Waals surface area contributed by atoms with Gasteiger partial charge in [-0.2, -0.15) is 4.31 Å². The molecule has 7 nitrogen and oxygen atoms in total. The first-order chi connectivity index (χ1) is 15.0. The van der Waals surface area contributed by atoms with Crippen molar-refractivity contribution in [3.05, 3.63) is 42.7 Å². The summed E-state index contributed by atoms with van der Waals surface area (Å²) in [6.07, 6.45) is 9.78. The van der Waals surface area contributed by atoms with E-state index in [0.717, 1.165) is 56.6 Å². The molecule has 2 fully saturated rings. The van der Waals surface area contributed by atoms with Crippen LogP contribution in [0.25, 0.3) is 0 Å². The van der Waals surface area contributed by atoms with E-state index in [-0.39, 0.29) is 0 Å². The molecule has 2 aromatic rings. The second kappa shape index (κ2) is 9.93. The molecule has 31 heavy (non-hydrogen) atoms. The Kier molecular flexibility index (Phi) is 7.04. The van der Waals surface area contributed by atoms with Crippen molar-refractivity contribution >= 4 is 44.4 Å². The largest absolute Gasteiger partial charge is 0.370 e. The van der Waals surface area contributed by atoms with Crippen molar-refractivity contribution in [3.8, 4) is 0 Å². The Hall–Kier alpha value is -2.23. The van der Waals surface area contributed by atoms with Gasteiger partial charge in [0.15, 0.2) is 5.11 Å². The lowest BCUT2D eigenvalue weighted by molar-refractivity contribution is 0.346. The van der Waals surface area contributed by atoms with Gasteiger partial charge in [0.2, 0.25) is 10.0 Å². The van der Waals surface area contributed by atoms with Gasteiger partial charge in [-0.3, -0.25) is 4.98 Å². The first-order valence-corrected chi connectivity index (χ1v) is 12.8. The van der Waals surface area contributed by atoms with Crippen molar-refractivity contribution in [1.82, 2.24) is 9.29 Å². The lowest BCUT2D eigenvalue weighted by Gasteiger charge is -2.31.